The molecule has 0 aromatic heterocycles. The minimum absolute atomic E-state index is 0.111. The molecular weight excluding hydrogens is 250 g/mol. The molecule has 6 heteroatoms. The maximum atomic E-state index is 12.5. The number of hydrogen-bond acceptors (Lipinski definition) is 3. The van der Waals surface area contributed by atoms with Crippen molar-refractivity contribution >= 4 is 10.2 Å². The lowest BCUT2D eigenvalue weighted by molar-refractivity contribution is 0.247. The van der Waals surface area contributed by atoms with E-state index < -0.39 is 10.2 Å². The van der Waals surface area contributed by atoms with Crippen LogP contribution in [0.2, 0.25) is 0 Å². The van der Waals surface area contributed by atoms with E-state index in [0.717, 1.165) is 12.8 Å². The highest BCUT2D eigenvalue weighted by Gasteiger charge is 2.33. The van der Waals surface area contributed by atoms with Crippen molar-refractivity contribution in [1.29, 1.82) is 5.26 Å². The highest BCUT2D eigenvalue weighted by Crippen LogP contribution is 2.21. The summed E-state index contributed by atoms with van der Waals surface area (Å²) in [5.74, 6) is 0.415. The topological polar surface area (TPSA) is 64.4 Å². The first kappa shape index (κ1) is 15.4. The minimum atomic E-state index is -3.41. The molecule has 0 aromatic carbocycles. The molecule has 0 N–H and O–H groups in total. The summed E-state index contributed by atoms with van der Waals surface area (Å²) >= 11 is 0. The van der Waals surface area contributed by atoms with Gasteiger partial charge < -0.3 is 0 Å². The lowest BCUT2D eigenvalue weighted by Gasteiger charge is -2.35. The van der Waals surface area contributed by atoms with Gasteiger partial charge in [-0.2, -0.15) is 22.3 Å². The Bertz CT molecular complexity index is 400. The molecule has 0 amide bonds. The van der Waals surface area contributed by atoms with Gasteiger partial charge in [0.2, 0.25) is 0 Å². The van der Waals surface area contributed by atoms with E-state index in [9.17, 15) is 8.42 Å². The summed E-state index contributed by atoms with van der Waals surface area (Å²) in [5, 5.41) is 8.63. The summed E-state index contributed by atoms with van der Waals surface area (Å²) in [6.45, 7) is 7.25. The molecule has 1 heterocycles. The van der Waals surface area contributed by atoms with Crippen LogP contribution in [0, 0.1) is 17.2 Å². The zero-order valence-electron chi connectivity index (χ0n) is 11.5. The third kappa shape index (κ3) is 3.67. The molecule has 1 aliphatic rings. The molecule has 1 aliphatic heterocycles. The Morgan fingerprint density at radius 1 is 1.50 bits per heavy atom. The van der Waals surface area contributed by atoms with E-state index in [4.69, 9.17) is 5.26 Å². The lowest BCUT2D eigenvalue weighted by atomic mass is 10.0. The fourth-order valence-corrected chi connectivity index (χ4v) is 4.26. The Balaban J connectivity index is 2.84. The van der Waals surface area contributed by atoms with Crippen LogP contribution in [0.4, 0.5) is 0 Å². The van der Waals surface area contributed by atoms with Crippen molar-refractivity contribution in [1.82, 2.24) is 8.61 Å². The van der Waals surface area contributed by atoms with Crippen molar-refractivity contribution in [3.05, 3.63) is 0 Å². The zero-order chi connectivity index (χ0) is 13.8. The Kier molecular flexibility index (Phi) is 5.57. The largest absolute Gasteiger partial charge is 0.282 e. The van der Waals surface area contributed by atoms with Crippen molar-refractivity contribution in [2.45, 2.75) is 46.1 Å². The Labute approximate surface area is 111 Å². The Hall–Kier alpha value is -0.640. The van der Waals surface area contributed by atoms with Gasteiger partial charge in [0, 0.05) is 32.1 Å². The number of nitrogens with zero attached hydrogens (tertiary/aromatic N) is 3. The van der Waals surface area contributed by atoms with Crippen LogP contribution in [0.5, 0.6) is 0 Å². The van der Waals surface area contributed by atoms with Crippen LogP contribution in [-0.2, 0) is 10.2 Å². The third-order valence-electron chi connectivity index (χ3n) is 3.26. The highest BCUT2D eigenvalue weighted by molar-refractivity contribution is 7.86. The molecule has 0 spiro atoms. The number of nitriles is 1. The predicted octanol–water partition coefficient (Wildman–Crippen LogP) is 1.59. The van der Waals surface area contributed by atoms with Crippen molar-refractivity contribution in [2.24, 2.45) is 5.92 Å². The van der Waals surface area contributed by atoms with Gasteiger partial charge in [0.25, 0.3) is 10.2 Å². The van der Waals surface area contributed by atoms with Crippen LogP contribution in [0.15, 0.2) is 0 Å². The summed E-state index contributed by atoms with van der Waals surface area (Å²) in [5.41, 5.74) is 0. The molecule has 0 saturated carbocycles. The van der Waals surface area contributed by atoms with Gasteiger partial charge in [0.15, 0.2) is 0 Å². The molecule has 1 saturated heterocycles. The van der Waals surface area contributed by atoms with Crippen LogP contribution in [-0.4, -0.2) is 42.7 Å². The molecule has 5 nitrogen and oxygen atoms in total. The van der Waals surface area contributed by atoms with Crippen molar-refractivity contribution in [3.8, 4) is 6.07 Å². The van der Waals surface area contributed by atoms with Crippen LogP contribution < -0.4 is 0 Å². The molecule has 104 valence electrons. The normalized spacial score (nSPS) is 22.3. The zero-order valence-corrected chi connectivity index (χ0v) is 12.3. The molecule has 0 aromatic rings. The van der Waals surface area contributed by atoms with E-state index in [2.05, 4.69) is 6.92 Å². The lowest BCUT2D eigenvalue weighted by Crippen LogP contribution is -2.50. The van der Waals surface area contributed by atoms with Crippen LogP contribution >= 0.6 is 0 Å². The molecular formula is C12H23N3O2S. The minimum Gasteiger partial charge on any atom is -0.198 e. The van der Waals surface area contributed by atoms with Crippen LogP contribution in [0.25, 0.3) is 0 Å². The average Bonchev–Trinajstić information content (AvgIpc) is 2.28. The summed E-state index contributed by atoms with van der Waals surface area (Å²) in [6, 6.07) is 1.90. The molecule has 1 fully saturated rings. The summed E-state index contributed by atoms with van der Waals surface area (Å²) in [7, 11) is -3.41. The van der Waals surface area contributed by atoms with E-state index in [-0.39, 0.29) is 19.0 Å². The second-order valence-electron chi connectivity index (χ2n) is 5.23. The van der Waals surface area contributed by atoms with Gasteiger partial charge in [-0.15, -0.1) is 0 Å². The molecule has 1 rings (SSSR count). The van der Waals surface area contributed by atoms with Gasteiger partial charge in [-0.1, -0.05) is 6.92 Å². The highest BCUT2D eigenvalue weighted by atomic mass is 32.2. The molecule has 1 atom stereocenters. The standard InChI is InChI=1S/C12H23N3O2S/c1-11(2)15(9-5-7-13)18(16,17)14-8-4-6-12(3)10-14/h11-12H,4-6,8-10H2,1-3H3. The second kappa shape index (κ2) is 6.50. The maximum absolute atomic E-state index is 12.5. The van der Waals surface area contributed by atoms with Gasteiger partial charge in [0.1, 0.15) is 0 Å². The number of piperidine rings is 1. The maximum Gasteiger partial charge on any atom is 0.282 e. The SMILES string of the molecule is CC1CCCN(S(=O)(=O)N(CCC#N)C(C)C)C1. The monoisotopic (exact) mass is 273 g/mol. The number of rotatable bonds is 5. The predicted molar refractivity (Wildman–Crippen MR) is 71.0 cm³/mol. The molecule has 1 unspecified atom stereocenters. The first-order valence-corrected chi connectivity index (χ1v) is 7.93. The quantitative estimate of drug-likeness (QED) is 0.764. The van der Waals surface area contributed by atoms with Crippen LogP contribution in [0.1, 0.15) is 40.0 Å². The van der Waals surface area contributed by atoms with E-state index in [1.54, 1.807) is 4.31 Å². The first-order valence-electron chi connectivity index (χ1n) is 6.53. The first-order chi connectivity index (χ1) is 8.39. The summed E-state index contributed by atoms with van der Waals surface area (Å²) in [6.07, 6.45) is 2.25. The number of hydrogen-bond donors (Lipinski definition) is 0. The van der Waals surface area contributed by atoms with E-state index >= 15 is 0 Å². The average molecular weight is 273 g/mol. The smallest absolute Gasteiger partial charge is 0.198 e. The van der Waals surface area contributed by atoms with Crippen molar-refractivity contribution in [3.63, 3.8) is 0 Å². The molecule has 0 bridgehead atoms. The van der Waals surface area contributed by atoms with Crippen LogP contribution in [0.3, 0.4) is 0 Å². The molecule has 0 aliphatic carbocycles. The van der Waals surface area contributed by atoms with Gasteiger partial charge >= 0.3 is 0 Å². The second-order valence-corrected chi connectivity index (χ2v) is 7.11. The Morgan fingerprint density at radius 3 is 2.67 bits per heavy atom. The summed E-state index contributed by atoms with van der Waals surface area (Å²) in [4.78, 5) is 0. The molecule has 0 radical (unpaired) electrons. The van der Waals surface area contributed by atoms with Crippen molar-refractivity contribution in [2.75, 3.05) is 19.6 Å². The van der Waals surface area contributed by atoms with Gasteiger partial charge in [-0.05, 0) is 32.6 Å². The van der Waals surface area contributed by atoms with Gasteiger partial charge in [-0.3, -0.25) is 0 Å². The van der Waals surface area contributed by atoms with Crippen molar-refractivity contribution < 1.29 is 8.42 Å². The third-order valence-corrected chi connectivity index (χ3v) is 5.44. The summed E-state index contributed by atoms with van der Waals surface area (Å²) < 4.78 is 28.0. The van der Waals surface area contributed by atoms with E-state index in [1.807, 2.05) is 19.9 Å². The van der Waals surface area contributed by atoms with Gasteiger partial charge in [0.05, 0.1) is 6.07 Å². The van der Waals surface area contributed by atoms with Gasteiger partial charge in [-0.25, -0.2) is 0 Å². The molecule has 18 heavy (non-hydrogen) atoms. The fourth-order valence-electron chi connectivity index (χ4n) is 2.30. The van der Waals surface area contributed by atoms with E-state index in [0.29, 0.717) is 19.0 Å². The Morgan fingerprint density at radius 2 is 2.17 bits per heavy atom. The fraction of sp³-hybridized carbons (Fsp3) is 0.917. The van der Waals surface area contributed by atoms with E-state index in [1.165, 1.54) is 4.31 Å².